The highest BCUT2D eigenvalue weighted by Gasteiger charge is 2.14. The molecule has 0 unspecified atom stereocenters. The van der Waals surface area contributed by atoms with E-state index >= 15 is 0 Å². The van der Waals surface area contributed by atoms with Crippen LogP contribution >= 0.6 is 0 Å². The highest BCUT2D eigenvalue weighted by atomic mass is 32.2. The second-order valence-electron chi connectivity index (χ2n) is 5.30. The minimum Gasteiger partial charge on any atom is -0.280 e. The third-order valence-corrected chi connectivity index (χ3v) is 4.90. The minimum absolute atomic E-state index is 0.243. The van der Waals surface area contributed by atoms with Crippen LogP contribution < -0.4 is 4.72 Å². The van der Waals surface area contributed by atoms with E-state index in [0.29, 0.717) is 5.69 Å². The van der Waals surface area contributed by atoms with Crippen molar-refractivity contribution in [1.29, 1.82) is 0 Å². The molecule has 0 saturated carbocycles. The number of hydrogen-bond donors (Lipinski definition) is 1. The van der Waals surface area contributed by atoms with E-state index in [0.717, 1.165) is 24.1 Å². The SMILES string of the molecule is CCCc1ccc(S(=O)(=O)Nc2ccc(-n3cnnn3)cc2)cc1. The van der Waals surface area contributed by atoms with Gasteiger partial charge in [0.25, 0.3) is 10.0 Å². The predicted octanol–water partition coefficient (Wildman–Crippen LogP) is 2.42. The first-order chi connectivity index (χ1) is 11.6. The van der Waals surface area contributed by atoms with Gasteiger partial charge < -0.3 is 0 Å². The van der Waals surface area contributed by atoms with Crippen molar-refractivity contribution in [1.82, 2.24) is 20.2 Å². The fourth-order valence-electron chi connectivity index (χ4n) is 2.30. The Bertz CT molecular complexity index is 889. The van der Waals surface area contributed by atoms with Crippen LogP contribution in [0.15, 0.2) is 59.8 Å². The number of anilines is 1. The smallest absolute Gasteiger partial charge is 0.261 e. The standard InChI is InChI=1S/C16H17N5O2S/c1-2-3-13-4-10-16(11-5-13)24(22,23)18-14-6-8-15(9-7-14)21-12-17-19-20-21/h4-12,18H,2-3H2,1H3. The van der Waals surface area contributed by atoms with Crippen molar-refractivity contribution in [2.45, 2.75) is 24.7 Å². The highest BCUT2D eigenvalue weighted by Crippen LogP contribution is 2.18. The monoisotopic (exact) mass is 343 g/mol. The van der Waals surface area contributed by atoms with E-state index in [4.69, 9.17) is 0 Å². The van der Waals surface area contributed by atoms with Gasteiger partial charge in [-0.2, -0.15) is 0 Å². The molecule has 0 aliphatic rings. The average Bonchev–Trinajstić information content (AvgIpc) is 3.10. The largest absolute Gasteiger partial charge is 0.280 e. The Hall–Kier alpha value is -2.74. The third kappa shape index (κ3) is 3.60. The van der Waals surface area contributed by atoms with Crippen molar-refractivity contribution >= 4 is 15.7 Å². The quantitative estimate of drug-likeness (QED) is 0.742. The summed E-state index contributed by atoms with van der Waals surface area (Å²) in [6.45, 7) is 2.09. The van der Waals surface area contributed by atoms with Gasteiger partial charge in [-0.1, -0.05) is 25.5 Å². The van der Waals surface area contributed by atoms with Crippen LogP contribution in [0, 0.1) is 0 Å². The summed E-state index contributed by atoms with van der Waals surface area (Å²) in [4.78, 5) is 0.243. The first-order valence-electron chi connectivity index (χ1n) is 7.53. The Morgan fingerprint density at radius 2 is 1.75 bits per heavy atom. The normalized spacial score (nSPS) is 11.4. The average molecular weight is 343 g/mol. The van der Waals surface area contributed by atoms with Crippen molar-refractivity contribution < 1.29 is 8.42 Å². The maximum Gasteiger partial charge on any atom is 0.261 e. The topological polar surface area (TPSA) is 89.8 Å². The van der Waals surface area contributed by atoms with Crippen molar-refractivity contribution in [3.63, 3.8) is 0 Å². The fraction of sp³-hybridized carbons (Fsp3) is 0.188. The summed E-state index contributed by atoms with van der Waals surface area (Å²) in [6.07, 6.45) is 3.43. The van der Waals surface area contributed by atoms with Crippen molar-refractivity contribution in [2.75, 3.05) is 4.72 Å². The first kappa shape index (κ1) is 16.1. The number of rotatable bonds is 6. The van der Waals surface area contributed by atoms with Gasteiger partial charge in [0, 0.05) is 5.69 Å². The third-order valence-electron chi connectivity index (χ3n) is 3.51. The van der Waals surface area contributed by atoms with Crippen LogP contribution in [0.5, 0.6) is 0 Å². The van der Waals surface area contributed by atoms with Crippen LogP contribution in [0.1, 0.15) is 18.9 Å². The van der Waals surface area contributed by atoms with Crippen LogP contribution in [0.3, 0.4) is 0 Å². The summed E-state index contributed by atoms with van der Waals surface area (Å²) in [7, 11) is -3.61. The molecule has 124 valence electrons. The Balaban J connectivity index is 1.76. The molecule has 8 heteroatoms. The molecule has 24 heavy (non-hydrogen) atoms. The maximum atomic E-state index is 12.4. The lowest BCUT2D eigenvalue weighted by atomic mass is 10.1. The molecule has 0 spiro atoms. The molecule has 1 heterocycles. The summed E-state index contributed by atoms with van der Waals surface area (Å²) in [6, 6.07) is 13.8. The number of aryl methyl sites for hydroxylation is 1. The van der Waals surface area contributed by atoms with E-state index in [1.807, 2.05) is 12.1 Å². The molecule has 0 fully saturated rings. The number of aromatic nitrogens is 4. The van der Waals surface area contributed by atoms with Gasteiger partial charge >= 0.3 is 0 Å². The van der Waals surface area contributed by atoms with Gasteiger partial charge in [-0.25, -0.2) is 13.1 Å². The zero-order valence-corrected chi connectivity index (χ0v) is 13.9. The van der Waals surface area contributed by atoms with Gasteiger partial charge in [0.15, 0.2) is 0 Å². The van der Waals surface area contributed by atoms with Gasteiger partial charge in [-0.15, -0.1) is 5.10 Å². The van der Waals surface area contributed by atoms with Gasteiger partial charge in [0.05, 0.1) is 10.6 Å². The molecule has 0 amide bonds. The predicted molar refractivity (Wildman–Crippen MR) is 90.4 cm³/mol. The van der Waals surface area contributed by atoms with Crippen LogP contribution in [0.4, 0.5) is 5.69 Å². The second-order valence-corrected chi connectivity index (χ2v) is 6.98. The molecule has 1 N–H and O–H groups in total. The van der Waals surface area contributed by atoms with Crippen LogP contribution in [-0.2, 0) is 16.4 Å². The molecular weight excluding hydrogens is 326 g/mol. The van der Waals surface area contributed by atoms with E-state index in [1.54, 1.807) is 36.4 Å². The molecule has 0 aliphatic heterocycles. The first-order valence-corrected chi connectivity index (χ1v) is 9.02. The fourth-order valence-corrected chi connectivity index (χ4v) is 3.36. The molecule has 7 nitrogen and oxygen atoms in total. The Kier molecular flexibility index (Phi) is 4.57. The lowest BCUT2D eigenvalue weighted by molar-refractivity contribution is 0.601. The summed E-state index contributed by atoms with van der Waals surface area (Å²) in [5, 5.41) is 10.9. The highest BCUT2D eigenvalue weighted by molar-refractivity contribution is 7.92. The molecule has 0 saturated heterocycles. The second kappa shape index (κ2) is 6.79. The van der Waals surface area contributed by atoms with Crippen molar-refractivity contribution in [3.8, 4) is 5.69 Å². The van der Waals surface area contributed by atoms with Gasteiger partial charge in [0.2, 0.25) is 0 Å². The van der Waals surface area contributed by atoms with Crippen LogP contribution in [0.2, 0.25) is 0 Å². The van der Waals surface area contributed by atoms with Gasteiger partial charge in [0.1, 0.15) is 6.33 Å². The molecule has 0 aliphatic carbocycles. The summed E-state index contributed by atoms with van der Waals surface area (Å²) in [5.41, 5.74) is 2.35. The molecule has 0 bridgehead atoms. The molecule has 3 aromatic rings. The number of benzene rings is 2. The van der Waals surface area contributed by atoms with Crippen molar-refractivity contribution in [3.05, 3.63) is 60.4 Å². The van der Waals surface area contributed by atoms with Gasteiger partial charge in [-0.05, 0) is 58.8 Å². The van der Waals surface area contributed by atoms with Gasteiger partial charge in [-0.3, -0.25) is 4.72 Å². The molecular formula is C16H17N5O2S. The zero-order chi connectivity index (χ0) is 17.0. The van der Waals surface area contributed by atoms with E-state index < -0.39 is 10.0 Å². The summed E-state index contributed by atoms with van der Waals surface area (Å²) >= 11 is 0. The van der Waals surface area contributed by atoms with Crippen molar-refractivity contribution in [2.24, 2.45) is 0 Å². The molecule has 2 aromatic carbocycles. The Labute approximate surface area is 140 Å². The van der Waals surface area contributed by atoms with Crippen LogP contribution in [-0.4, -0.2) is 28.6 Å². The van der Waals surface area contributed by atoms with E-state index in [2.05, 4.69) is 27.2 Å². The lowest BCUT2D eigenvalue weighted by Crippen LogP contribution is -2.13. The summed E-state index contributed by atoms with van der Waals surface area (Å²) in [5.74, 6) is 0. The Morgan fingerprint density at radius 3 is 2.33 bits per heavy atom. The molecule has 3 rings (SSSR count). The maximum absolute atomic E-state index is 12.4. The number of hydrogen-bond acceptors (Lipinski definition) is 5. The lowest BCUT2D eigenvalue weighted by Gasteiger charge is -2.09. The van der Waals surface area contributed by atoms with E-state index in [1.165, 1.54) is 11.0 Å². The van der Waals surface area contributed by atoms with E-state index in [9.17, 15) is 8.42 Å². The van der Waals surface area contributed by atoms with E-state index in [-0.39, 0.29) is 4.90 Å². The molecule has 0 atom stereocenters. The summed E-state index contributed by atoms with van der Waals surface area (Å²) < 4.78 is 28.9. The number of nitrogens with one attached hydrogen (secondary N) is 1. The molecule has 1 aromatic heterocycles. The number of tetrazole rings is 1. The van der Waals surface area contributed by atoms with Crippen LogP contribution in [0.25, 0.3) is 5.69 Å². The zero-order valence-electron chi connectivity index (χ0n) is 13.1. The minimum atomic E-state index is -3.61. The molecule has 0 radical (unpaired) electrons. The Morgan fingerprint density at radius 1 is 1.04 bits per heavy atom. The number of sulfonamides is 1. The number of nitrogens with zero attached hydrogens (tertiary/aromatic N) is 4.